The van der Waals surface area contributed by atoms with Gasteiger partial charge in [0.1, 0.15) is 11.6 Å². The molecule has 156 valence electrons. The number of ether oxygens (including phenoxy) is 1. The molecule has 0 N–H and O–H groups in total. The van der Waals surface area contributed by atoms with Gasteiger partial charge in [-0.1, -0.05) is 24.6 Å². The predicted octanol–water partition coefficient (Wildman–Crippen LogP) is 4.62. The molecule has 1 amide bonds. The molecule has 1 aromatic heterocycles. The molecule has 3 atom stereocenters. The van der Waals surface area contributed by atoms with E-state index in [-0.39, 0.29) is 11.7 Å². The lowest BCUT2D eigenvalue weighted by Gasteiger charge is -2.44. The Morgan fingerprint density at radius 1 is 1.24 bits per heavy atom. The summed E-state index contributed by atoms with van der Waals surface area (Å²) in [6.07, 6.45) is 6.77. The van der Waals surface area contributed by atoms with Crippen LogP contribution in [0.1, 0.15) is 57.4 Å². The van der Waals surface area contributed by atoms with Crippen molar-refractivity contribution in [2.75, 3.05) is 12.3 Å². The van der Waals surface area contributed by atoms with Crippen molar-refractivity contribution in [3.63, 3.8) is 0 Å². The summed E-state index contributed by atoms with van der Waals surface area (Å²) in [6.45, 7) is 2.64. The molecule has 1 aliphatic carbocycles. The van der Waals surface area contributed by atoms with Gasteiger partial charge in [0.25, 0.3) is 11.1 Å². The smallest absolute Gasteiger partial charge is 0.277 e. The second-order valence-corrected chi connectivity index (χ2v) is 8.68. The zero-order valence-corrected chi connectivity index (χ0v) is 17.4. The second kappa shape index (κ2) is 9.15. The number of benzene rings is 1. The average Bonchev–Trinajstić information content (AvgIpc) is 3.22. The number of fused-ring (bicyclic) bond motifs is 1. The molecule has 2 heterocycles. The molecule has 8 heteroatoms. The molecule has 0 spiro atoms. The molecule has 0 unspecified atom stereocenters. The van der Waals surface area contributed by atoms with Crippen molar-refractivity contribution in [2.24, 2.45) is 5.92 Å². The van der Waals surface area contributed by atoms with Gasteiger partial charge in [0.2, 0.25) is 5.91 Å². The van der Waals surface area contributed by atoms with E-state index in [4.69, 9.17) is 9.15 Å². The van der Waals surface area contributed by atoms with Gasteiger partial charge in [-0.2, -0.15) is 0 Å². The fourth-order valence-electron chi connectivity index (χ4n) is 4.35. The van der Waals surface area contributed by atoms with Crippen molar-refractivity contribution in [1.82, 2.24) is 15.1 Å². The SMILES string of the molecule is C[C@H](Oc1ccc(F)cc1)c1nnc(SCC(=O)N2CCC[C@@H]3CCCC[C@H]32)o1. The third kappa shape index (κ3) is 4.91. The van der Waals surface area contributed by atoms with E-state index in [2.05, 4.69) is 15.1 Å². The first-order valence-corrected chi connectivity index (χ1v) is 11.3. The lowest BCUT2D eigenvalue weighted by molar-refractivity contribution is -0.134. The van der Waals surface area contributed by atoms with Crippen molar-refractivity contribution < 1.29 is 18.3 Å². The van der Waals surface area contributed by atoms with E-state index in [1.807, 2.05) is 0 Å². The topological polar surface area (TPSA) is 68.5 Å². The summed E-state index contributed by atoms with van der Waals surface area (Å²) in [6, 6.07) is 6.18. The van der Waals surface area contributed by atoms with Crippen LogP contribution in [-0.4, -0.2) is 39.3 Å². The van der Waals surface area contributed by atoms with Gasteiger partial charge in [0.15, 0.2) is 6.10 Å². The standard InChI is InChI=1S/C21H26FN3O3S/c1-14(27-17-10-8-16(22)9-11-17)20-23-24-21(28-20)29-13-19(26)25-12-4-6-15-5-2-3-7-18(15)25/h8-11,14-15,18H,2-7,12-13H2,1H3/t14-,15-,18+/m0/s1. The summed E-state index contributed by atoms with van der Waals surface area (Å²) in [4.78, 5) is 14.9. The Hall–Kier alpha value is -2.09. The maximum atomic E-state index is 13.0. The van der Waals surface area contributed by atoms with Crippen LogP contribution < -0.4 is 4.74 Å². The number of thioether (sulfide) groups is 1. The molecule has 0 bridgehead atoms. The maximum Gasteiger partial charge on any atom is 0.277 e. The van der Waals surface area contributed by atoms with Gasteiger partial charge in [-0.05, 0) is 62.8 Å². The molecule has 29 heavy (non-hydrogen) atoms. The first kappa shape index (κ1) is 20.2. The van der Waals surface area contributed by atoms with Crippen LogP contribution >= 0.6 is 11.8 Å². The van der Waals surface area contributed by atoms with Gasteiger partial charge in [0.05, 0.1) is 5.75 Å². The summed E-state index contributed by atoms with van der Waals surface area (Å²) >= 11 is 1.27. The van der Waals surface area contributed by atoms with Crippen LogP contribution in [0.4, 0.5) is 4.39 Å². The fraction of sp³-hybridized carbons (Fsp3) is 0.571. The first-order chi connectivity index (χ1) is 14.1. The van der Waals surface area contributed by atoms with E-state index in [1.54, 1.807) is 19.1 Å². The highest BCUT2D eigenvalue weighted by Crippen LogP contribution is 2.35. The fourth-order valence-corrected chi connectivity index (χ4v) is 5.01. The summed E-state index contributed by atoms with van der Waals surface area (Å²) in [5, 5.41) is 8.41. The number of rotatable bonds is 6. The van der Waals surface area contributed by atoms with E-state index in [1.165, 1.54) is 49.6 Å². The van der Waals surface area contributed by atoms with Gasteiger partial charge in [-0.15, -0.1) is 10.2 Å². The van der Waals surface area contributed by atoms with Crippen LogP contribution in [0.5, 0.6) is 5.75 Å². The van der Waals surface area contributed by atoms with E-state index >= 15 is 0 Å². The summed E-state index contributed by atoms with van der Waals surface area (Å²) in [7, 11) is 0. The summed E-state index contributed by atoms with van der Waals surface area (Å²) in [5.41, 5.74) is 0. The molecular formula is C21H26FN3O3S. The van der Waals surface area contributed by atoms with Crippen LogP contribution in [0.2, 0.25) is 0 Å². The Morgan fingerprint density at radius 3 is 2.83 bits per heavy atom. The third-order valence-electron chi connectivity index (χ3n) is 5.78. The summed E-state index contributed by atoms with van der Waals surface area (Å²) in [5.74, 6) is 1.66. The first-order valence-electron chi connectivity index (χ1n) is 10.3. The Labute approximate surface area is 174 Å². The van der Waals surface area contributed by atoms with Crippen molar-refractivity contribution >= 4 is 17.7 Å². The number of piperidine rings is 1. The van der Waals surface area contributed by atoms with E-state index in [9.17, 15) is 9.18 Å². The lowest BCUT2D eigenvalue weighted by atomic mass is 9.78. The minimum Gasteiger partial charge on any atom is -0.481 e. The molecule has 1 aromatic carbocycles. The lowest BCUT2D eigenvalue weighted by Crippen LogP contribution is -2.50. The zero-order valence-electron chi connectivity index (χ0n) is 16.6. The molecule has 1 aliphatic heterocycles. The normalized spacial score (nSPS) is 22.8. The highest BCUT2D eigenvalue weighted by atomic mass is 32.2. The highest BCUT2D eigenvalue weighted by Gasteiger charge is 2.35. The number of likely N-dealkylation sites (tertiary alicyclic amines) is 1. The Morgan fingerprint density at radius 2 is 2.00 bits per heavy atom. The van der Waals surface area contributed by atoms with Crippen molar-refractivity contribution in [1.29, 1.82) is 0 Å². The quantitative estimate of drug-likeness (QED) is 0.637. The van der Waals surface area contributed by atoms with Gasteiger partial charge in [0, 0.05) is 12.6 Å². The number of aromatic nitrogens is 2. The molecular weight excluding hydrogens is 393 g/mol. The van der Waals surface area contributed by atoms with E-state index < -0.39 is 6.10 Å². The number of nitrogens with zero attached hydrogens (tertiary/aromatic N) is 3. The molecule has 2 fully saturated rings. The number of carbonyl (C=O) groups is 1. The minimum atomic E-state index is -0.469. The van der Waals surface area contributed by atoms with Crippen molar-refractivity contribution in [3.8, 4) is 5.75 Å². The maximum absolute atomic E-state index is 13.0. The number of hydrogen-bond acceptors (Lipinski definition) is 6. The minimum absolute atomic E-state index is 0.155. The number of hydrogen-bond donors (Lipinski definition) is 0. The van der Waals surface area contributed by atoms with Crippen LogP contribution in [0.15, 0.2) is 33.9 Å². The Balaban J connectivity index is 1.30. The van der Waals surface area contributed by atoms with Gasteiger partial charge in [-0.3, -0.25) is 4.79 Å². The largest absolute Gasteiger partial charge is 0.481 e. The van der Waals surface area contributed by atoms with Crippen molar-refractivity contribution in [2.45, 2.75) is 62.8 Å². The van der Waals surface area contributed by atoms with Crippen LogP contribution in [0, 0.1) is 11.7 Å². The number of amides is 1. The molecule has 1 saturated carbocycles. The molecule has 6 nitrogen and oxygen atoms in total. The molecule has 0 radical (unpaired) electrons. The molecule has 2 aliphatic rings. The van der Waals surface area contributed by atoms with Crippen LogP contribution in [0.25, 0.3) is 0 Å². The molecule has 2 aromatic rings. The Kier molecular flexibility index (Phi) is 6.37. The highest BCUT2D eigenvalue weighted by molar-refractivity contribution is 7.99. The number of carbonyl (C=O) groups excluding carboxylic acids is 1. The Bertz CT molecular complexity index is 827. The van der Waals surface area contributed by atoms with Crippen molar-refractivity contribution in [3.05, 3.63) is 36.0 Å². The zero-order chi connectivity index (χ0) is 20.2. The second-order valence-electron chi connectivity index (χ2n) is 7.75. The van der Waals surface area contributed by atoms with Crippen LogP contribution in [0.3, 0.4) is 0 Å². The third-order valence-corrected chi connectivity index (χ3v) is 6.58. The molecule has 1 saturated heterocycles. The van der Waals surface area contributed by atoms with Gasteiger partial charge >= 0.3 is 0 Å². The monoisotopic (exact) mass is 419 g/mol. The van der Waals surface area contributed by atoms with Crippen LogP contribution in [-0.2, 0) is 4.79 Å². The number of halogens is 1. The predicted molar refractivity (Wildman–Crippen MR) is 107 cm³/mol. The van der Waals surface area contributed by atoms with E-state index in [0.717, 1.165) is 19.4 Å². The molecule has 4 rings (SSSR count). The van der Waals surface area contributed by atoms with Gasteiger partial charge in [-0.25, -0.2) is 4.39 Å². The average molecular weight is 420 g/mol. The van der Waals surface area contributed by atoms with Gasteiger partial charge < -0.3 is 14.1 Å². The van der Waals surface area contributed by atoms with E-state index in [0.29, 0.717) is 34.6 Å². The summed E-state index contributed by atoms with van der Waals surface area (Å²) < 4.78 is 24.4.